The van der Waals surface area contributed by atoms with Crippen LogP contribution in [0, 0.1) is 0 Å². The second kappa shape index (κ2) is 7.10. The minimum atomic E-state index is -1.41. The van der Waals surface area contributed by atoms with Gasteiger partial charge in [0.05, 0.1) is 13.2 Å². The average Bonchev–Trinajstić information content (AvgIpc) is 3.37. The van der Waals surface area contributed by atoms with E-state index < -0.39 is 5.79 Å². The van der Waals surface area contributed by atoms with Crippen LogP contribution in [-0.4, -0.2) is 23.6 Å². The van der Waals surface area contributed by atoms with Crippen molar-refractivity contribution in [3.8, 4) is 0 Å². The number of ketones is 1. The monoisotopic (exact) mass is 449 g/mol. The van der Waals surface area contributed by atoms with Crippen LogP contribution in [0.4, 0.5) is 0 Å². The molecule has 1 aromatic heterocycles. The van der Waals surface area contributed by atoms with Gasteiger partial charge in [-0.15, -0.1) is 0 Å². The van der Waals surface area contributed by atoms with E-state index in [9.17, 15) is 4.79 Å². The third-order valence-electron chi connectivity index (χ3n) is 5.57. The van der Waals surface area contributed by atoms with Crippen LogP contribution in [-0.2, 0) is 21.8 Å². The first-order valence-electron chi connectivity index (χ1n) is 9.74. The summed E-state index contributed by atoms with van der Waals surface area (Å²) in [6, 6.07) is 21.7. The summed E-state index contributed by atoms with van der Waals surface area (Å²) in [5, 5.41) is 2.26. The predicted octanol–water partition coefficient (Wildman–Crippen LogP) is 5.66. The van der Waals surface area contributed by atoms with Gasteiger partial charge in [0, 0.05) is 44.0 Å². The van der Waals surface area contributed by atoms with Gasteiger partial charge < -0.3 is 14.0 Å². The first-order chi connectivity index (χ1) is 14.1. The first kappa shape index (κ1) is 18.6. The molecule has 0 atom stereocenters. The zero-order valence-electron chi connectivity index (χ0n) is 16.0. The van der Waals surface area contributed by atoms with Crippen LogP contribution in [0.15, 0.2) is 71.2 Å². The number of benzene rings is 3. The van der Waals surface area contributed by atoms with Gasteiger partial charge in [-0.1, -0.05) is 52.3 Å². The zero-order chi connectivity index (χ0) is 20.0. The molecule has 0 aliphatic carbocycles. The van der Waals surface area contributed by atoms with Crippen molar-refractivity contribution in [2.24, 2.45) is 0 Å². The van der Waals surface area contributed by atoms with Gasteiger partial charge in [0.1, 0.15) is 0 Å². The fourth-order valence-corrected chi connectivity index (χ4v) is 4.50. The highest BCUT2D eigenvalue weighted by molar-refractivity contribution is 9.10. The fourth-order valence-electron chi connectivity index (χ4n) is 4.23. The summed E-state index contributed by atoms with van der Waals surface area (Å²) < 4.78 is 15.2. The van der Waals surface area contributed by atoms with E-state index in [2.05, 4.69) is 51.7 Å². The van der Waals surface area contributed by atoms with Crippen LogP contribution in [0.1, 0.15) is 22.8 Å². The van der Waals surface area contributed by atoms with E-state index >= 15 is 0 Å². The van der Waals surface area contributed by atoms with E-state index in [1.165, 1.54) is 5.52 Å². The van der Waals surface area contributed by atoms with Crippen molar-refractivity contribution in [2.45, 2.75) is 19.3 Å². The molecule has 29 heavy (non-hydrogen) atoms. The second-order valence-electron chi connectivity index (χ2n) is 7.14. The highest BCUT2D eigenvalue weighted by atomic mass is 79.9. The van der Waals surface area contributed by atoms with Crippen molar-refractivity contribution in [2.75, 3.05) is 13.2 Å². The summed E-state index contributed by atoms with van der Waals surface area (Å²) in [6.45, 7) is 3.79. The van der Waals surface area contributed by atoms with E-state index in [4.69, 9.17) is 9.47 Å². The van der Waals surface area contributed by atoms with Crippen molar-refractivity contribution in [1.29, 1.82) is 0 Å². The lowest BCUT2D eigenvalue weighted by Crippen LogP contribution is -2.37. The van der Waals surface area contributed by atoms with Gasteiger partial charge in [-0.05, 0) is 37.3 Å². The molecule has 5 heteroatoms. The Morgan fingerprint density at radius 3 is 2.38 bits per heavy atom. The Kier molecular flexibility index (Phi) is 4.54. The Labute approximate surface area is 177 Å². The summed E-state index contributed by atoms with van der Waals surface area (Å²) in [5.74, 6) is -1.58. The van der Waals surface area contributed by atoms with Crippen LogP contribution in [0.3, 0.4) is 0 Å². The molecule has 5 rings (SSSR count). The van der Waals surface area contributed by atoms with Gasteiger partial charge in [0.25, 0.3) is 5.79 Å². The normalized spacial score (nSPS) is 15.9. The smallest absolute Gasteiger partial charge is 0.261 e. The number of fused-ring (bicyclic) bond motifs is 3. The van der Waals surface area contributed by atoms with Crippen molar-refractivity contribution < 1.29 is 14.3 Å². The Morgan fingerprint density at radius 1 is 0.966 bits per heavy atom. The molecule has 4 nitrogen and oxygen atoms in total. The number of rotatable bonds is 4. The summed E-state index contributed by atoms with van der Waals surface area (Å²) in [6.07, 6.45) is 0. The van der Waals surface area contributed by atoms with Crippen molar-refractivity contribution in [3.05, 3.63) is 82.3 Å². The number of para-hydroxylation sites is 1. The molecule has 0 radical (unpaired) electrons. The van der Waals surface area contributed by atoms with Gasteiger partial charge in [0.2, 0.25) is 5.78 Å². The van der Waals surface area contributed by atoms with Crippen LogP contribution in [0.25, 0.3) is 21.8 Å². The van der Waals surface area contributed by atoms with E-state index in [1.54, 1.807) is 12.1 Å². The average molecular weight is 450 g/mol. The number of carbonyl (C=O) groups excluding carboxylic acids is 1. The Balaban J connectivity index is 1.70. The minimum Gasteiger partial charge on any atom is -0.341 e. The molecule has 1 saturated heterocycles. The highest BCUT2D eigenvalue weighted by Crippen LogP contribution is 2.38. The minimum absolute atomic E-state index is 0.180. The van der Waals surface area contributed by atoms with Gasteiger partial charge in [-0.2, -0.15) is 0 Å². The molecular weight excluding hydrogens is 430 g/mol. The maximum atomic E-state index is 13.5. The molecule has 0 bridgehead atoms. The standard InChI is InChI=1S/C24H20BrNO3/c1-2-26-21-6-4-3-5-19(21)20-15-17(9-12-22(20)26)24(28-13-14-29-24)23(27)16-7-10-18(25)11-8-16/h3-12,15H,2,13-14H2,1H3. The Morgan fingerprint density at radius 2 is 1.66 bits per heavy atom. The van der Waals surface area contributed by atoms with Crippen LogP contribution >= 0.6 is 15.9 Å². The van der Waals surface area contributed by atoms with Crippen LogP contribution in [0.2, 0.25) is 0 Å². The molecule has 3 aromatic carbocycles. The molecule has 1 aliphatic heterocycles. The van der Waals surface area contributed by atoms with Gasteiger partial charge >= 0.3 is 0 Å². The maximum absolute atomic E-state index is 13.5. The van der Waals surface area contributed by atoms with Crippen molar-refractivity contribution in [3.63, 3.8) is 0 Å². The van der Waals surface area contributed by atoms with Crippen molar-refractivity contribution >= 4 is 43.5 Å². The molecule has 0 unspecified atom stereocenters. The van der Waals surface area contributed by atoms with Crippen molar-refractivity contribution in [1.82, 2.24) is 4.57 Å². The number of hydrogen-bond acceptors (Lipinski definition) is 3. The number of carbonyl (C=O) groups is 1. The van der Waals surface area contributed by atoms with E-state index in [0.717, 1.165) is 32.9 Å². The number of Topliss-reactive ketones (excluding diaryl/α,β-unsaturated/α-hetero) is 1. The number of nitrogens with zero attached hydrogens (tertiary/aromatic N) is 1. The van der Waals surface area contributed by atoms with Crippen LogP contribution in [0.5, 0.6) is 0 Å². The van der Waals surface area contributed by atoms with Gasteiger partial charge in [0.15, 0.2) is 0 Å². The van der Waals surface area contributed by atoms with E-state index in [0.29, 0.717) is 18.8 Å². The highest BCUT2D eigenvalue weighted by Gasteiger charge is 2.46. The number of hydrogen-bond donors (Lipinski definition) is 0. The van der Waals surface area contributed by atoms with E-state index in [-0.39, 0.29) is 5.78 Å². The molecule has 1 aliphatic rings. The lowest BCUT2D eigenvalue weighted by molar-refractivity contribution is -0.126. The summed E-state index contributed by atoms with van der Waals surface area (Å²) in [7, 11) is 0. The molecular formula is C24H20BrNO3. The topological polar surface area (TPSA) is 40.5 Å². The number of ether oxygens (including phenoxy) is 2. The van der Waals surface area contributed by atoms with E-state index in [1.807, 2.05) is 30.3 Å². The quantitative estimate of drug-likeness (QED) is 0.377. The lowest BCUT2D eigenvalue weighted by Gasteiger charge is -2.26. The summed E-state index contributed by atoms with van der Waals surface area (Å²) in [5.41, 5.74) is 3.62. The molecule has 4 aromatic rings. The molecule has 0 spiro atoms. The fraction of sp³-hybridized carbons (Fsp3) is 0.208. The molecule has 1 fully saturated rings. The lowest BCUT2D eigenvalue weighted by atomic mass is 9.94. The van der Waals surface area contributed by atoms with Crippen LogP contribution < -0.4 is 0 Å². The molecule has 2 heterocycles. The Bertz CT molecular complexity index is 1220. The summed E-state index contributed by atoms with van der Waals surface area (Å²) >= 11 is 3.42. The zero-order valence-corrected chi connectivity index (χ0v) is 17.6. The first-order valence-corrected chi connectivity index (χ1v) is 10.5. The largest absolute Gasteiger partial charge is 0.341 e. The van der Waals surface area contributed by atoms with Gasteiger partial charge in [-0.3, -0.25) is 4.79 Å². The molecule has 0 N–H and O–H groups in total. The third kappa shape index (κ3) is 2.84. The molecule has 0 amide bonds. The SMILES string of the molecule is CCn1c2ccccc2c2cc(C3(C(=O)c4ccc(Br)cc4)OCCO3)ccc21. The molecule has 146 valence electrons. The number of halogens is 1. The summed E-state index contributed by atoms with van der Waals surface area (Å²) in [4.78, 5) is 13.5. The predicted molar refractivity (Wildman–Crippen MR) is 117 cm³/mol. The maximum Gasteiger partial charge on any atom is 0.261 e. The third-order valence-corrected chi connectivity index (χ3v) is 6.10. The Hall–Kier alpha value is -2.47. The van der Waals surface area contributed by atoms with Gasteiger partial charge in [-0.25, -0.2) is 0 Å². The second-order valence-corrected chi connectivity index (χ2v) is 8.06. The number of aromatic nitrogens is 1. The molecule has 0 saturated carbocycles. The number of aryl methyl sites for hydroxylation is 1.